The van der Waals surface area contributed by atoms with E-state index in [0.717, 1.165) is 89.9 Å². The molecule has 0 aliphatic heterocycles. The smallest absolute Gasteiger partial charge is 0.306 e. The van der Waals surface area contributed by atoms with Crippen LogP contribution in [0.2, 0.25) is 0 Å². The Balaban J connectivity index is 4.14. The topological polar surface area (TPSA) is 78.9 Å². The number of allylic oxidation sites excluding steroid dienone is 8. The monoisotopic (exact) mass is 1160 g/mol. The third-order valence-corrected chi connectivity index (χ3v) is 16.8. The minimum Gasteiger partial charge on any atom is -0.462 e. The van der Waals surface area contributed by atoms with Crippen LogP contribution in [-0.2, 0) is 28.6 Å². The Labute approximate surface area is 518 Å². The van der Waals surface area contributed by atoms with Gasteiger partial charge in [-0.1, -0.05) is 352 Å². The van der Waals surface area contributed by atoms with E-state index >= 15 is 0 Å². The van der Waals surface area contributed by atoms with E-state index in [-0.39, 0.29) is 31.1 Å². The molecular weight excluding hydrogens is 1020 g/mol. The molecule has 0 saturated heterocycles. The van der Waals surface area contributed by atoms with Crippen molar-refractivity contribution in [3.05, 3.63) is 48.6 Å². The zero-order valence-corrected chi connectivity index (χ0v) is 56.0. The van der Waals surface area contributed by atoms with Crippen molar-refractivity contribution in [1.82, 2.24) is 0 Å². The van der Waals surface area contributed by atoms with Crippen molar-refractivity contribution in [3.63, 3.8) is 0 Å². The molecule has 6 nitrogen and oxygen atoms in total. The fourth-order valence-corrected chi connectivity index (χ4v) is 11.2. The number of unbranched alkanes of at least 4 members (excludes halogenated alkanes) is 50. The number of ether oxygens (including phenoxy) is 3. The van der Waals surface area contributed by atoms with Gasteiger partial charge in [-0.3, -0.25) is 14.4 Å². The maximum absolute atomic E-state index is 12.9. The van der Waals surface area contributed by atoms with E-state index in [2.05, 4.69) is 69.4 Å². The van der Waals surface area contributed by atoms with Gasteiger partial charge in [0.2, 0.25) is 0 Å². The van der Waals surface area contributed by atoms with Crippen LogP contribution in [0.5, 0.6) is 0 Å². The van der Waals surface area contributed by atoms with Crippen molar-refractivity contribution in [2.75, 3.05) is 13.2 Å². The second-order valence-corrected chi connectivity index (χ2v) is 25.2. The van der Waals surface area contributed by atoms with E-state index in [1.54, 1.807) is 0 Å². The molecule has 0 aromatic heterocycles. The fourth-order valence-electron chi connectivity index (χ4n) is 11.2. The van der Waals surface area contributed by atoms with E-state index in [1.807, 2.05) is 0 Å². The van der Waals surface area contributed by atoms with E-state index in [0.29, 0.717) is 19.3 Å². The van der Waals surface area contributed by atoms with Crippen LogP contribution in [0.15, 0.2) is 48.6 Å². The van der Waals surface area contributed by atoms with Crippen LogP contribution in [0.3, 0.4) is 0 Å². The highest BCUT2D eigenvalue weighted by atomic mass is 16.6. The highest BCUT2D eigenvalue weighted by Gasteiger charge is 2.19. The molecule has 1 atom stereocenters. The number of hydrogen-bond donors (Lipinski definition) is 0. The molecule has 0 saturated carbocycles. The summed E-state index contributed by atoms with van der Waals surface area (Å²) in [5.41, 5.74) is 0. The van der Waals surface area contributed by atoms with Gasteiger partial charge in [0, 0.05) is 19.3 Å². The van der Waals surface area contributed by atoms with Crippen molar-refractivity contribution in [2.45, 2.75) is 412 Å². The first-order chi connectivity index (χ1) is 41.0. The van der Waals surface area contributed by atoms with E-state index in [9.17, 15) is 14.4 Å². The average Bonchev–Trinajstić information content (AvgIpc) is 3.49. The van der Waals surface area contributed by atoms with Gasteiger partial charge in [0.15, 0.2) is 6.10 Å². The maximum atomic E-state index is 12.9. The Morgan fingerprint density at radius 1 is 0.241 bits per heavy atom. The predicted octanol–water partition coefficient (Wildman–Crippen LogP) is 25.7. The SMILES string of the molecule is CCCCC/C=C\C/C=C\CCCCCCCCCC(=O)OC(COC(=O)CCCCCCC/C=C\C/C=C\CCCCC)COC(=O)CCCCCCCCCCCCCCCCCCCCCCCCCCCCCCCCCCC. The zero-order valence-electron chi connectivity index (χ0n) is 56.0. The molecule has 0 bridgehead atoms. The van der Waals surface area contributed by atoms with Gasteiger partial charge in [-0.15, -0.1) is 0 Å². The first-order valence-corrected chi connectivity index (χ1v) is 37.1. The highest BCUT2D eigenvalue weighted by Crippen LogP contribution is 2.19. The molecule has 0 N–H and O–H groups in total. The van der Waals surface area contributed by atoms with Crippen molar-refractivity contribution in [1.29, 1.82) is 0 Å². The summed E-state index contributed by atoms with van der Waals surface area (Å²) in [6.07, 6.45) is 91.7. The van der Waals surface area contributed by atoms with Gasteiger partial charge in [0.25, 0.3) is 0 Å². The summed E-state index contributed by atoms with van der Waals surface area (Å²) in [4.78, 5) is 38.4. The summed E-state index contributed by atoms with van der Waals surface area (Å²) < 4.78 is 17.0. The minimum absolute atomic E-state index is 0.0772. The average molecular weight is 1160 g/mol. The summed E-state index contributed by atoms with van der Waals surface area (Å²) in [6.45, 7) is 6.64. The number of esters is 3. The molecule has 0 heterocycles. The molecule has 0 aromatic rings. The van der Waals surface area contributed by atoms with Crippen LogP contribution in [0.4, 0.5) is 0 Å². The molecule has 0 rings (SSSR count). The lowest BCUT2D eigenvalue weighted by atomic mass is 10.0. The Bertz CT molecular complexity index is 1430. The van der Waals surface area contributed by atoms with Gasteiger partial charge in [-0.25, -0.2) is 0 Å². The largest absolute Gasteiger partial charge is 0.462 e. The minimum atomic E-state index is -0.783. The standard InChI is InChI=1S/C77H142O6/c1-4-7-10-13-16-19-22-25-28-30-31-32-33-34-35-36-37-38-39-40-41-42-43-44-45-47-49-52-55-58-61-64-67-70-76(79)82-73-74(72-81-75(78)69-66-63-60-57-54-51-48-27-24-21-18-15-12-9-6-3)83-77(80)71-68-65-62-59-56-53-50-46-29-26-23-20-17-14-11-8-5-2/h17-18,20-21,26-27,29,48,74H,4-16,19,22-25,28,30-47,49-73H2,1-3H3/b20-17-,21-18-,29-26-,48-27-. The maximum Gasteiger partial charge on any atom is 0.306 e. The predicted molar refractivity (Wildman–Crippen MR) is 362 cm³/mol. The van der Waals surface area contributed by atoms with Crippen LogP contribution < -0.4 is 0 Å². The zero-order chi connectivity index (χ0) is 59.9. The number of hydrogen-bond acceptors (Lipinski definition) is 6. The molecule has 0 radical (unpaired) electrons. The van der Waals surface area contributed by atoms with Crippen molar-refractivity contribution in [3.8, 4) is 0 Å². The molecule has 486 valence electrons. The first kappa shape index (κ1) is 80.4. The molecule has 0 amide bonds. The van der Waals surface area contributed by atoms with Crippen LogP contribution in [-0.4, -0.2) is 37.2 Å². The van der Waals surface area contributed by atoms with Crippen molar-refractivity contribution in [2.24, 2.45) is 0 Å². The quantitative estimate of drug-likeness (QED) is 0.0261. The second-order valence-electron chi connectivity index (χ2n) is 25.2. The van der Waals surface area contributed by atoms with Gasteiger partial charge in [-0.05, 0) is 83.5 Å². The molecule has 6 heteroatoms. The fraction of sp³-hybridized carbons (Fsp3) is 0.857. The van der Waals surface area contributed by atoms with Crippen molar-refractivity contribution >= 4 is 17.9 Å². The summed E-state index contributed by atoms with van der Waals surface area (Å²) in [5, 5.41) is 0. The lowest BCUT2D eigenvalue weighted by Gasteiger charge is -2.18. The number of rotatable bonds is 69. The molecule has 0 fully saturated rings. The molecular formula is C77H142O6. The van der Waals surface area contributed by atoms with Crippen LogP contribution >= 0.6 is 0 Å². The van der Waals surface area contributed by atoms with Crippen LogP contribution in [0.1, 0.15) is 406 Å². The van der Waals surface area contributed by atoms with Crippen molar-refractivity contribution < 1.29 is 28.6 Å². The lowest BCUT2D eigenvalue weighted by molar-refractivity contribution is -0.167. The Morgan fingerprint density at radius 3 is 0.687 bits per heavy atom. The summed E-state index contributed by atoms with van der Waals surface area (Å²) in [7, 11) is 0. The van der Waals surface area contributed by atoms with Gasteiger partial charge in [0.1, 0.15) is 13.2 Å². The molecule has 0 aliphatic rings. The summed E-state index contributed by atoms with van der Waals surface area (Å²) in [5.74, 6) is -0.875. The van der Waals surface area contributed by atoms with Crippen LogP contribution in [0, 0.1) is 0 Å². The highest BCUT2D eigenvalue weighted by molar-refractivity contribution is 5.71. The third kappa shape index (κ3) is 70.0. The van der Waals surface area contributed by atoms with E-state index in [4.69, 9.17) is 14.2 Å². The molecule has 83 heavy (non-hydrogen) atoms. The second kappa shape index (κ2) is 71.8. The van der Waals surface area contributed by atoms with E-state index in [1.165, 1.54) is 276 Å². The number of carbonyl (C=O) groups is 3. The lowest BCUT2D eigenvalue weighted by Crippen LogP contribution is -2.30. The Kier molecular flexibility index (Phi) is 69.6. The summed E-state index contributed by atoms with van der Waals surface area (Å²) >= 11 is 0. The molecule has 0 aliphatic carbocycles. The normalized spacial score (nSPS) is 12.3. The van der Waals surface area contributed by atoms with Gasteiger partial charge >= 0.3 is 17.9 Å². The van der Waals surface area contributed by atoms with Crippen LogP contribution in [0.25, 0.3) is 0 Å². The van der Waals surface area contributed by atoms with E-state index < -0.39 is 6.10 Å². The summed E-state index contributed by atoms with van der Waals surface area (Å²) in [6, 6.07) is 0. The van der Waals surface area contributed by atoms with Gasteiger partial charge < -0.3 is 14.2 Å². The first-order valence-electron chi connectivity index (χ1n) is 37.1. The molecule has 0 spiro atoms. The Hall–Kier alpha value is -2.63. The van der Waals surface area contributed by atoms with Gasteiger partial charge in [-0.2, -0.15) is 0 Å². The molecule has 1 unspecified atom stereocenters. The third-order valence-electron chi connectivity index (χ3n) is 16.8. The molecule has 0 aromatic carbocycles. The van der Waals surface area contributed by atoms with Gasteiger partial charge in [0.05, 0.1) is 0 Å². The number of carbonyl (C=O) groups excluding carboxylic acids is 3. The Morgan fingerprint density at radius 2 is 0.434 bits per heavy atom.